The molecule has 0 atom stereocenters. The number of hydrogen-bond donors (Lipinski definition) is 3. The van der Waals surface area contributed by atoms with Crippen molar-refractivity contribution in [2.75, 3.05) is 0 Å². The third-order valence-electron chi connectivity index (χ3n) is 2.54. The number of nitrogens with one attached hydrogen (secondary N) is 2. The molecule has 2 rings (SSSR count). The highest BCUT2D eigenvalue weighted by Crippen LogP contribution is 2.18. The molecule has 4 N–H and O–H groups in total. The zero-order chi connectivity index (χ0) is 15.5. The largest absolute Gasteiger partial charge is 0.370 e. The van der Waals surface area contributed by atoms with Gasteiger partial charge in [-0.25, -0.2) is 9.98 Å². The zero-order valence-corrected chi connectivity index (χ0v) is 16.6. The van der Waals surface area contributed by atoms with Crippen LogP contribution in [-0.2, 0) is 6.54 Å². The van der Waals surface area contributed by atoms with E-state index < -0.39 is 0 Å². The van der Waals surface area contributed by atoms with Gasteiger partial charge in [0.25, 0.3) is 0 Å². The average molecular weight is 479 g/mol. The summed E-state index contributed by atoms with van der Waals surface area (Å²) in [7, 11) is 0. The van der Waals surface area contributed by atoms with Crippen LogP contribution in [0.1, 0.15) is 26.6 Å². The van der Waals surface area contributed by atoms with Crippen LogP contribution in [0.4, 0.5) is 0 Å². The Morgan fingerprint density at radius 1 is 1.32 bits per heavy atom. The fourth-order valence-corrected chi connectivity index (χ4v) is 1.94. The van der Waals surface area contributed by atoms with Crippen molar-refractivity contribution in [2.45, 2.75) is 32.9 Å². The lowest BCUT2D eigenvalue weighted by molar-refractivity contribution is 0.508. The van der Waals surface area contributed by atoms with Crippen LogP contribution in [0.2, 0.25) is 0 Å². The van der Waals surface area contributed by atoms with E-state index in [0.29, 0.717) is 24.2 Å². The van der Waals surface area contributed by atoms with Crippen molar-refractivity contribution in [3.63, 3.8) is 0 Å². The van der Waals surface area contributed by atoms with Crippen LogP contribution in [0.15, 0.2) is 33.7 Å². The Hall–Kier alpha value is -1.16. The zero-order valence-electron chi connectivity index (χ0n) is 12.7. The maximum absolute atomic E-state index is 5.81. The van der Waals surface area contributed by atoms with E-state index in [9.17, 15) is 0 Å². The molecule has 1 aromatic heterocycles. The van der Waals surface area contributed by atoms with Crippen molar-refractivity contribution in [1.29, 1.82) is 0 Å². The summed E-state index contributed by atoms with van der Waals surface area (Å²) in [5.74, 6) is 1.71. The number of nitrogens with two attached hydrogens (primary N) is 1. The summed E-state index contributed by atoms with van der Waals surface area (Å²) in [5.41, 5.74) is 6.65. The predicted octanol–water partition coefficient (Wildman–Crippen LogP) is 3.06. The molecular weight excluding hydrogens is 459 g/mol. The minimum Gasteiger partial charge on any atom is -0.370 e. The Bertz CT molecular complexity index is 630. The van der Waals surface area contributed by atoms with Crippen LogP contribution in [0.25, 0.3) is 11.4 Å². The van der Waals surface area contributed by atoms with Gasteiger partial charge in [-0.15, -0.1) is 24.0 Å². The van der Waals surface area contributed by atoms with Gasteiger partial charge in [-0.2, -0.15) is 5.10 Å². The molecule has 0 saturated heterocycles. The first-order valence-corrected chi connectivity index (χ1v) is 7.38. The van der Waals surface area contributed by atoms with Gasteiger partial charge in [0.1, 0.15) is 12.4 Å². The van der Waals surface area contributed by atoms with Crippen LogP contribution >= 0.6 is 39.9 Å². The smallest absolute Gasteiger partial charge is 0.189 e. The third-order valence-corrected chi connectivity index (χ3v) is 3.07. The number of hydrogen-bond acceptors (Lipinski definition) is 3. The molecule has 6 nitrogen and oxygen atoms in total. The minimum absolute atomic E-state index is 0. The number of benzene rings is 1. The Labute approximate surface area is 155 Å². The topological polar surface area (TPSA) is 92.0 Å². The van der Waals surface area contributed by atoms with E-state index in [4.69, 9.17) is 5.73 Å². The van der Waals surface area contributed by atoms with E-state index in [1.54, 1.807) is 0 Å². The molecule has 0 unspecified atom stereocenters. The fourth-order valence-electron chi connectivity index (χ4n) is 1.68. The van der Waals surface area contributed by atoms with Gasteiger partial charge in [0.15, 0.2) is 11.8 Å². The van der Waals surface area contributed by atoms with Crippen LogP contribution in [0, 0.1) is 0 Å². The highest BCUT2D eigenvalue weighted by Gasteiger charge is 2.10. The van der Waals surface area contributed by atoms with Gasteiger partial charge < -0.3 is 11.1 Å². The van der Waals surface area contributed by atoms with Crippen molar-refractivity contribution >= 4 is 45.9 Å². The number of halogens is 2. The quantitative estimate of drug-likeness (QED) is 0.359. The molecule has 0 fully saturated rings. The van der Waals surface area contributed by atoms with Gasteiger partial charge in [0.05, 0.1) is 0 Å². The molecule has 0 spiro atoms. The standard InChI is InChI=1S/C14H19BrN6.HI/c1-14(2,3)19-13(16)17-8-11-18-12(21-20-11)9-4-6-10(15)7-5-9;/h4-7H,8H2,1-3H3,(H3,16,17,19)(H,18,20,21);1H. The molecule has 0 aliphatic carbocycles. The van der Waals surface area contributed by atoms with Gasteiger partial charge in [0, 0.05) is 15.6 Å². The lowest BCUT2D eigenvalue weighted by atomic mass is 10.1. The molecular formula is C14H20BrIN6. The predicted molar refractivity (Wildman–Crippen MR) is 103 cm³/mol. The van der Waals surface area contributed by atoms with Crippen LogP contribution < -0.4 is 11.1 Å². The lowest BCUT2D eigenvalue weighted by Gasteiger charge is -2.20. The summed E-state index contributed by atoms with van der Waals surface area (Å²) in [6.07, 6.45) is 0. The van der Waals surface area contributed by atoms with Gasteiger partial charge in [-0.3, -0.25) is 5.10 Å². The molecule has 8 heteroatoms. The molecule has 1 heterocycles. The van der Waals surface area contributed by atoms with Crippen molar-refractivity contribution in [3.05, 3.63) is 34.6 Å². The van der Waals surface area contributed by atoms with Crippen molar-refractivity contribution in [2.24, 2.45) is 10.7 Å². The maximum atomic E-state index is 5.81. The van der Waals surface area contributed by atoms with Gasteiger partial charge in [-0.1, -0.05) is 28.1 Å². The van der Waals surface area contributed by atoms with Gasteiger partial charge >= 0.3 is 0 Å². The minimum atomic E-state index is -0.114. The molecule has 120 valence electrons. The van der Waals surface area contributed by atoms with E-state index in [2.05, 4.69) is 41.4 Å². The van der Waals surface area contributed by atoms with Crippen LogP contribution in [0.3, 0.4) is 0 Å². The normalized spacial score (nSPS) is 11.9. The molecule has 0 amide bonds. The summed E-state index contributed by atoms with van der Waals surface area (Å²) >= 11 is 3.40. The summed E-state index contributed by atoms with van der Waals surface area (Å²) in [4.78, 5) is 8.65. The fraction of sp³-hybridized carbons (Fsp3) is 0.357. The SMILES string of the molecule is CC(C)(C)NC(N)=NCc1nc(-c2ccc(Br)cc2)n[nH]1.I. The number of nitrogens with zero attached hydrogens (tertiary/aromatic N) is 3. The number of aromatic nitrogens is 3. The molecule has 0 radical (unpaired) electrons. The monoisotopic (exact) mass is 478 g/mol. The van der Waals surface area contributed by atoms with Crippen molar-refractivity contribution in [3.8, 4) is 11.4 Å². The first-order chi connectivity index (χ1) is 9.83. The average Bonchev–Trinajstić information content (AvgIpc) is 2.84. The number of guanidine groups is 1. The van der Waals surface area contributed by atoms with Crippen molar-refractivity contribution < 1.29 is 0 Å². The van der Waals surface area contributed by atoms with E-state index in [1.165, 1.54) is 0 Å². The molecule has 22 heavy (non-hydrogen) atoms. The van der Waals surface area contributed by atoms with E-state index in [1.807, 2.05) is 45.0 Å². The molecule has 0 aliphatic heterocycles. The first kappa shape index (κ1) is 18.9. The Morgan fingerprint density at radius 2 is 1.95 bits per heavy atom. The number of H-pyrrole nitrogens is 1. The number of rotatable bonds is 3. The first-order valence-electron chi connectivity index (χ1n) is 6.59. The molecule has 2 aromatic rings. The number of aromatic amines is 1. The molecule has 0 saturated carbocycles. The summed E-state index contributed by atoms with van der Waals surface area (Å²) in [6, 6.07) is 7.81. The highest BCUT2D eigenvalue weighted by atomic mass is 127. The van der Waals surface area contributed by atoms with Gasteiger partial charge in [0.2, 0.25) is 0 Å². The van der Waals surface area contributed by atoms with E-state index in [-0.39, 0.29) is 29.5 Å². The Balaban J connectivity index is 0.00000242. The molecule has 0 aliphatic rings. The van der Waals surface area contributed by atoms with E-state index >= 15 is 0 Å². The van der Waals surface area contributed by atoms with Crippen molar-refractivity contribution in [1.82, 2.24) is 20.5 Å². The highest BCUT2D eigenvalue weighted by molar-refractivity contribution is 14.0. The second-order valence-corrected chi connectivity index (χ2v) is 6.60. The molecule has 1 aromatic carbocycles. The third kappa shape index (κ3) is 5.91. The summed E-state index contributed by atoms with van der Waals surface area (Å²) < 4.78 is 1.02. The maximum Gasteiger partial charge on any atom is 0.189 e. The molecule has 0 bridgehead atoms. The summed E-state index contributed by atoms with van der Waals surface area (Å²) in [5, 5.41) is 10.2. The van der Waals surface area contributed by atoms with Crippen LogP contribution in [0.5, 0.6) is 0 Å². The Kier molecular flexibility index (Phi) is 6.79. The summed E-state index contributed by atoms with van der Waals surface area (Å²) in [6.45, 7) is 6.43. The van der Waals surface area contributed by atoms with E-state index in [0.717, 1.165) is 10.0 Å². The second kappa shape index (κ2) is 7.91. The number of aliphatic imine (C=N–C) groups is 1. The second-order valence-electron chi connectivity index (χ2n) is 5.69. The van der Waals surface area contributed by atoms with Gasteiger partial charge in [-0.05, 0) is 32.9 Å². The van der Waals surface area contributed by atoms with Crippen LogP contribution in [-0.4, -0.2) is 26.7 Å². The Morgan fingerprint density at radius 3 is 2.55 bits per heavy atom. The lowest BCUT2D eigenvalue weighted by Crippen LogP contribution is -2.45.